The maximum absolute atomic E-state index is 11.3. The van der Waals surface area contributed by atoms with E-state index in [4.69, 9.17) is 11.6 Å². The van der Waals surface area contributed by atoms with Crippen molar-refractivity contribution in [3.63, 3.8) is 0 Å². The molecular formula is C10H17ClO. The van der Waals surface area contributed by atoms with Gasteiger partial charge in [0.25, 0.3) is 0 Å². The second-order valence-electron chi connectivity index (χ2n) is 3.69. The summed E-state index contributed by atoms with van der Waals surface area (Å²) in [4.78, 5) is 11.3. The van der Waals surface area contributed by atoms with Gasteiger partial charge in [-0.15, -0.1) is 11.6 Å². The Morgan fingerprint density at radius 2 is 2.00 bits per heavy atom. The average molecular weight is 189 g/mol. The molecule has 70 valence electrons. The second kappa shape index (κ2) is 5.58. The van der Waals surface area contributed by atoms with Crippen LogP contribution in [0.3, 0.4) is 0 Å². The maximum Gasteiger partial charge on any atom is 0.133 e. The molecular weight excluding hydrogens is 172 g/mol. The van der Waals surface area contributed by atoms with Gasteiger partial charge >= 0.3 is 0 Å². The van der Waals surface area contributed by atoms with Gasteiger partial charge in [0.1, 0.15) is 5.78 Å². The lowest BCUT2D eigenvalue weighted by Crippen LogP contribution is -2.05. The Labute approximate surface area is 79.5 Å². The molecule has 0 unspecified atom stereocenters. The van der Waals surface area contributed by atoms with E-state index in [9.17, 15) is 4.79 Å². The molecule has 0 heterocycles. The number of halogens is 1. The molecule has 1 nitrogen and oxygen atoms in total. The highest BCUT2D eigenvalue weighted by Gasteiger charge is 2.17. The third kappa shape index (κ3) is 3.57. The van der Waals surface area contributed by atoms with Gasteiger partial charge in [0.05, 0.1) is 0 Å². The average Bonchev–Trinajstić information content (AvgIpc) is 2.53. The third-order valence-corrected chi connectivity index (χ3v) is 2.85. The van der Waals surface area contributed by atoms with Crippen LogP contribution in [0.5, 0.6) is 0 Å². The number of carbonyl (C=O) groups excluding carboxylic acids is 1. The Hall–Kier alpha value is -0.0400. The van der Waals surface area contributed by atoms with Crippen molar-refractivity contribution in [2.75, 3.05) is 5.88 Å². The largest absolute Gasteiger partial charge is 0.300 e. The molecule has 0 atom stereocenters. The van der Waals surface area contributed by atoms with E-state index < -0.39 is 0 Å². The van der Waals surface area contributed by atoms with Crippen LogP contribution >= 0.6 is 11.6 Å². The monoisotopic (exact) mass is 188 g/mol. The number of hydrogen-bond donors (Lipinski definition) is 0. The lowest BCUT2D eigenvalue weighted by molar-refractivity contribution is -0.119. The molecule has 0 aliphatic heterocycles. The van der Waals surface area contributed by atoms with E-state index in [0.717, 1.165) is 12.8 Å². The van der Waals surface area contributed by atoms with Gasteiger partial charge in [-0.1, -0.05) is 25.7 Å². The van der Waals surface area contributed by atoms with E-state index in [1.54, 1.807) is 0 Å². The summed E-state index contributed by atoms with van der Waals surface area (Å²) in [7, 11) is 0. The molecule has 0 saturated heterocycles. The van der Waals surface area contributed by atoms with Crippen LogP contribution in [0, 0.1) is 5.92 Å². The standard InChI is InChI=1S/C10H17ClO/c11-7-3-6-10(12)8-9-4-1-2-5-9/h9H,1-8H2. The van der Waals surface area contributed by atoms with E-state index in [2.05, 4.69) is 0 Å². The van der Waals surface area contributed by atoms with Crippen molar-refractivity contribution < 1.29 is 4.79 Å². The van der Waals surface area contributed by atoms with Gasteiger partial charge in [-0.2, -0.15) is 0 Å². The van der Waals surface area contributed by atoms with Gasteiger partial charge in [0, 0.05) is 18.7 Å². The van der Waals surface area contributed by atoms with Crippen molar-refractivity contribution in [3.05, 3.63) is 0 Å². The smallest absolute Gasteiger partial charge is 0.133 e. The van der Waals surface area contributed by atoms with Crippen LogP contribution in [-0.2, 0) is 4.79 Å². The van der Waals surface area contributed by atoms with Crippen molar-refractivity contribution >= 4 is 17.4 Å². The van der Waals surface area contributed by atoms with Crippen molar-refractivity contribution in [2.24, 2.45) is 5.92 Å². The van der Waals surface area contributed by atoms with Gasteiger partial charge in [0.15, 0.2) is 0 Å². The van der Waals surface area contributed by atoms with Crippen LogP contribution in [0.4, 0.5) is 0 Å². The lowest BCUT2D eigenvalue weighted by atomic mass is 9.99. The van der Waals surface area contributed by atoms with Crippen LogP contribution < -0.4 is 0 Å². The number of Topliss-reactive ketones (excluding diaryl/α,β-unsaturated/α-hetero) is 1. The van der Waals surface area contributed by atoms with Gasteiger partial charge in [-0.3, -0.25) is 4.79 Å². The molecule has 0 spiro atoms. The molecule has 0 bridgehead atoms. The first-order chi connectivity index (χ1) is 5.83. The Morgan fingerprint density at radius 3 is 2.58 bits per heavy atom. The number of alkyl halides is 1. The van der Waals surface area contributed by atoms with Crippen LogP contribution in [0.25, 0.3) is 0 Å². The molecule has 1 aliphatic rings. The van der Waals surface area contributed by atoms with Crippen LogP contribution in [0.1, 0.15) is 44.9 Å². The molecule has 2 heteroatoms. The Kier molecular flexibility index (Phi) is 4.67. The summed E-state index contributed by atoms with van der Waals surface area (Å²) < 4.78 is 0. The molecule has 0 radical (unpaired) electrons. The molecule has 12 heavy (non-hydrogen) atoms. The van der Waals surface area contributed by atoms with Gasteiger partial charge in [0.2, 0.25) is 0 Å². The molecule has 1 fully saturated rings. The first-order valence-corrected chi connectivity index (χ1v) is 5.44. The number of rotatable bonds is 5. The summed E-state index contributed by atoms with van der Waals surface area (Å²) in [5.74, 6) is 1.74. The van der Waals surface area contributed by atoms with E-state index in [1.165, 1.54) is 25.7 Å². The van der Waals surface area contributed by atoms with Crippen molar-refractivity contribution in [1.29, 1.82) is 0 Å². The summed E-state index contributed by atoms with van der Waals surface area (Å²) in [5.41, 5.74) is 0. The fourth-order valence-corrected chi connectivity index (χ4v) is 2.04. The van der Waals surface area contributed by atoms with Gasteiger partial charge < -0.3 is 0 Å². The summed E-state index contributed by atoms with van der Waals surface area (Å²) in [6.07, 6.45) is 7.56. The minimum Gasteiger partial charge on any atom is -0.300 e. The first-order valence-electron chi connectivity index (χ1n) is 4.90. The van der Waals surface area contributed by atoms with Gasteiger partial charge in [-0.25, -0.2) is 0 Å². The van der Waals surface area contributed by atoms with E-state index in [-0.39, 0.29) is 0 Å². The van der Waals surface area contributed by atoms with E-state index in [0.29, 0.717) is 24.0 Å². The molecule has 1 aliphatic carbocycles. The predicted molar refractivity (Wildman–Crippen MR) is 51.5 cm³/mol. The Balaban J connectivity index is 2.08. The fourth-order valence-electron chi connectivity index (χ4n) is 1.90. The number of carbonyl (C=O) groups is 1. The summed E-state index contributed by atoms with van der Waals surface area (Å²) in [6, 6.07) is 0. The second-order valence-corrected chi connectivity index (χ2v) is 4.06. The number of hydrogen-bond acceptors (Lipinski definition) is 1. The SMILES string of the molecule is O=C(CCCCl)CC1CCCC1. The first kappa shape index (κ1) is 10.0. The van der Waals surface area contributed by atoms with Crippen LogP contribution in [-0.4, -0.2) is 11.7 Å². The van der Waals surface area contributed by atoms with E-state index in [1.807, 2.05) is 0 Å². The van der Waals surface area contributed by atoms with Gasteiger partial charge in [-0.05, 0) is 12.3 Å². The molecule has 1 saturated carbocycles. The topological polar surface area (TPSA) is 17.1 Å². The highest BCUT2D eigenvalue weighted by atomic mass is 35.5. The summed E-state index contributed by atoms with van der Waals surface area (Å²) in [6.45, 7) is 0. The van der Waals surface area contributed by atoms with Crippen LogP contribution in [0.2, 0.25) is 0 Å². The third-order valence-electron chi connectivity index (χ3n) is 2.58. The van der Waals surface area contributed by atoms with Crippen molar-refractivity contribution in [2.45, 2.75) is 44.9 Å². The molecule has 0 aromatic carbocycles. The zero-order chi connectivity index (χ0) is 8.81. The molecule has 0 amide bonds. The van der Waals surface area contributed by atoms with Crippen molar-refractivity contribution in [3.8, 4) is 0 Å². The normalized spacial score (nSPS) is 18.4. The number of ketones is 1. The highest BCUT2D eigenvalue weighted by molar-refractivity contribution is 6.17. The Bertz CT molecular complexity index is 139. The van der Waals surface area contributed by atoms with Crippen LogP contribution in [0.15, 0.2) is 0 Å². The lowest BCUT2D eigenvalue weighted by Gasteiger charge is -2.06. The molecule has 0 aromatic heterocycles. The quantitative estimate of drug-likeness (QED) is 0.606. The molecule has 0 N–H and O–H groups in total. The summed E-state index contributed by atoms with van der Waals surface area (Å²) in [5, 5.41) is 0. The molecule has 0 aromatic rings. The Morgan fingerprint density at radius 1 is 1.33 bits per heavy atom. The zero-order valence-electron chi connectivity index (χ0n) is 7.52. The molecule has 1 rings (SSSR count). The highest BCUT2D eigenvalue weighted by Crippen LogP contribution is 2.28. The minimum atomic E-state index is 0.419. The summed E-state index contributed by atoms with van der Waals surface area (Å²) >= 11 is 5.51. The minimum absolute atomic E-state index is 0.419. The fraction of sp³-hybridized carbons (Fsp3) is 0.900. The maximum atomic E-state index is 11.3. The van der Waals surface area contributed by atoms with Crippen molar-refractivity contribution in [1.82, 2.24) is 0 Å². The predicted octanol–water partition coefficient (Wildman–Crippen LogP) is 3.15. The zero-order valence-corrected chi connectivity index (χ0v) is 8.28. The van der Waals surface area contributed by atoms with E-state index >= 15 is 0 Å².